The summed E-state index contributed by atoms with van der Waals surface area (Å²) in [5, 5.41) is 10.1. The van der Waals surface area contributed by atoms with E-state index in [4.69, 9.17) is 10.2 Å². The molecule has 0 saturated carbocycles. The molecule has 0 aliphatic carbocycles. The van der Waals surface area contributed by atoms with Crippen molar-refractivity contribution in [3.63, 3.8) is 0 Å². The number of hydrogen-bond donors (Lipinski definition) is 2. The van der Waals surface area contributed by atoms with Crippen molar-refractivity contribution in [3.8, 4) is 11.6 Å². The topological polar surface area (TPSA) is 103 Å². The molecule has 7 heteroatoms. The molecule has 2 aromatic heterocycles. The first-order chi connectivity index (χ1) is 7.13. The smallest absolute Gasteiger partial charge is 0.395 e. The van der Waals surface area contributed by atoms with Gasteiger partial charge in [-0.25, -0.2) is 9.89 Å². The molecule has 15 heavy (non-hydrogen) atoms. The Kier molecular flexibility index (Phi) is 2.07. The van der Waals surface area contributed by atoms with Crippen LogP contribution >= 0.6 is 0 Å². The first-order valence-corrected chi connectivity index (χ1v) is 4.52. The highest BCUT2D eigenvalue weighted by molar-refractivity contribution is 5.68. The number of anilines is 1. The van der Waals surface area contributed by atoms with E-state index < -0.39 is 5.76 Å². The highest BCUT2D eigenvalue weighted by Gasteiger charge is 2.18. The minimum absolute atomic E-state index is 0.167. The van der Waals surface area contributed by atoms with Crippen molar-refractivity contribution in [3.05, 3.63) is 16.2 Å². The zero-order chi connectivity index (χ0) is 11.0. The van der Waals surface area contributed by atoms with Crippen LogP contribution in [-0.4, -0.2) is 20.0 Å². The van der Waals surface area contributed by atoms with E-state index in [1.807, 2.05) is 6.92 Å². The van der Waals surface area contributed by atoms with Gasteiger partial charge in [-0.05, 0) is 13.8 Å². The summed E-state index contributed by atoms with van der Waals surface area (Å²) in [6.45, 7) is 4.33. The molecule has 2 heterocycles. The van der Waals surface area contributed by atoms with Crippen molar-refractivity contribution in [1.29, 1.82) is 0 Å². The van der Waals surface area contributed by atoms with Gasteiger partial charge in [0.1, 0.15) is 5.69 Å². The van der Waals surface area contributed by atoms with Crippen LogP contribution in [0, 0.1) is 6.92 Å². The van der Waals surface area contributed by atoms with E-state index in [1.165, 1.54) is 0 Å². The van der Waals surface area contributed by atoms with Crippen LogP contribution in [0.1, 0.15) is 12.6 Å². The molecule has 0 amide bonds. The third-order valence-corrected chi connectivity index (χ3v) is 2.11. The number of aryl methyl sites for hydroxylation is 2. The molecule has 0 aliphatic heterocycles. The fourth-order valence-corrected chi connectivity index (χ4v) is 1.38. The third-order valence-electron chi connectivity index (χ3n) is 2.11. The molecule has 0 aliphatic rings. The van der Waals surface area contributed by atoms with Gasteiger partial charge in [0, 0.05) is 6.54 Å². The average molecular weight is 209 g/mol. The Bertz CT molecular complexity index is 535. The number of hydrogen-bond acceptors (Lipinski definition) is 5. The van der Waals surface area contributed by atoms with Gasteiger partial charge in [0.2, 0.25) is 0 Å². The van der Waals surface area contributed by atoms with E-state index in [2.05, 4.69) is 15.3 Å². The molecule has 80 valence electrons. The predicted octanol–water partition coefficient (Wildman–Crippen LogP) is 0.137. The quantitative estimate of drug-likeness (QED) is 0.732. The number of nitrogen functional groups attached to an aromatic ring is 1. The number of rotatable bonds is 2. The average Bonchev–Trinajstić information content (AvgIpc) is 2.73. The maximum absolute atomic E-state index is 10.8. The van der Waals surface area contributed by atoms with Gasteiger partial charge in [0.25, 0.3) is 5.89 Å². The van der Waals surface area contributed by atoms with Gasteiger partial charge >= 0.3 is 5.76 Å². The predicted molar refractivity (Wildman–Crippen MR) is 53.2 cm³/mol. The van der Waals surface area contributed by atoms with Crippen molar-refractivity contribution >= 4 is 5.69 Å². The number of H-pyrrole nitrogens is 1. The monoisotopic (exact) mass is 209 g/mol. The molecule has 7 nitrogen and oxygen atoms in total. The minimum Gasteiger partial charge on any atom is -0.395 e. The lowest BCUT2D eigenvalue weighted by Gasteiger charge is -1.99. The zero-order valence-electron chi connectivity index (χ0n) is 8.44. The highest BCUT2D eigenvalue weighted by atomic mass is 16.4. The van der Waals surface area contributed by atoms with Crippen LogP contribution in [0.3, 0.4) is 0 Å². The molecule has 0 saturated heterocycles. The van der Waals surface area contributed by atoms with Gasteiger partial charge in [0.15, 0.2) is 0 Å². The van der Waals surface area contributed by atoms with Crippen molar-refractivity contribution in [2.24, 2.45) is 0 Å². The minimum atomic E-state index is -0.606. The summed E-state index contributed by atoms with van der Waals surface area (Å²) in [6.07, 6.45) is 0. The summed E-state index contributed by atoms with van der Waals surface area (Å²) >= 11 is 0. The number of aromatic nitrogens is 4. The maximum Gasteiger partial charge on any atom is 0.434 e. The Hall–Kier alpha value is -2.05. The van der Waals surface area contributed by atoms with Crippen molar-refractivity contribution < 1.29 is 4.42 Å². The SMILES string of the molecule is CCn1nc(C)c(N)c1-c1n[nH]c(=O)o1. The Labute approximate surface area is 84.9 Å². The van der Waals surface area contributed by atoms with Gasteiger partial charge in [-0.1, -0.05) is 0 Å². The van der Waals surface area contributed by atoms with Gasteiger partial charge in [-0.3, -0.25) is 4.68 Å². The molecule has 2 rings (SSSR count). The van der Waals surface area contributed by atoms with Crippen LogP contribution in [0.25, 0.3) is 11.6 Å². The molecule has 3 N–H and O–H groups in total. The van der Waals surface area contributed by atoms with Gasteiger partial charge in [-0.2, -0.15) is 5.10 Å². The molecule has 0 aromatic carbocycles. The van der Waals surface area contributed by atoms with Crippen LogP contribution in [0.2, 0.25) is 0 Å². The van der Waals surface area contributed by atoms with E-state index in [9.17, 15) is 4.79 Å². The van der Waals surface area contributed by atoms with Gasteiger partial charge in [-0.15, -0.1) is 5.10 Å². The van der Waals surface area contributed by atoms with Gasteiger partial charge < -0.3 is 10.2 Å². The Morgan fingerprint density at radius 1 is 1.60 bits per heavy atom. The lowest BCUT2D eigenvalue weighted by Crippen LogP contribution is -2.00. The molecular weight excluding hydrogens is 198 g/mol. The molecule has 0 bridgehead atoms. The first-order valence-electron chi connectivity index (χ1n) is 4.52. The number of nitrogens with zero attached hydrogens (tertiary/aromatic N) is 3. The van der Waals surface area contributed by atoms with E-state index >= 15 is 0 Å². The fraction of sp³-hybridized carbons (Fsp3) is 0.375. The summed E-state index contributed by atoms with van der Waals surface area (Å²) in [7, 11) is 0. The van der Waals surface area contributed by atoms with Crippen molar-refractivity contribution in [1.82, 2.24) is 20.0 Å². The number of aromatic amines is 1. The van der Waals surface area contributed by atoms with Crippen LogP contribution in [0.15, 0.2) is 9.21 Å². The second kappa shape index (κ2) is 3.26. The van der Waals surface area contributed by atoms with E-state index in [0.717, 1.165) is 0 Å². The normalized spacial score (nSPS) is 10.8. The van der Waals surface area contributed by atoms with E-state index in [-0.39, 0.29) is 5.89 Å². The standard InChI is InChI=1S/C8H11N5O2/c1-3-13-6(5(9)4(2)12-13)7-10-11-8(14)15-7/h3,9H2,1-2H3,(H,11,14). The second-order valence-electron chi connectivity index (χ2n) is 3.08. The molecule has 0 atom stereocenters. The largest absolute Gasteiger partial charge is 0.434 e. The van der Waals surface area contributed by atoms with Crippen LogP contribution in [0.5, 0.6) is 0 Å². The molecular formula is C8H11N5O2. The van der Waals surface area contributed by atoms with Crippen molar-refractivity contribution in [2.45, 2.75) is 20.4 Å². The number of nitrogens with two attached hydrogens (primary N) is 1. The summed E-state index contributed by atoms with van der Waals surface area (Å²) in [5.74, 6) is -0.439. The Balaban J connectivity index is 2.65. The zero-order valence-corrected chi connectivity index (χ0v) is 8.44. The van der Waals surface area contributed by atoms with Gasteiger partial charge in [0.05, 0.1) is 11.4 Å². The van der Waals surface area contributed by atoms with E-state index in [1.54, 1.807) is 11.6 Å². The van der Waals surface area contributed by atoms with Crippen LogP contribution in [-0.2, 0) is 6.54 Å². The van der Waals surface area contributed by atoms with Crippen LogP contribution < -0.4 is 11.5 Å². The van der Waals surface area contributed by atoms with Crippen molar-refractivity contribution in [2.75, 3.05) is 5.73 Å². The first kappa shape index (κ1) is 9.50. The lowest BCUT2D eigenvalue weighted by molar-refractivity contribution is 0.517. The van der Waals surface area contributed by atoms with Crippen LogP contribution in [0.4, 0.5) is 5.69 Å². The maximum atomic E-state index is 10.8. The molecule has 0 radical (unpaired) electrons. The summed E-state index contributed by atoms with van der Waals surface area (Å²) in [4.78, 5) is 10.8. The number of nitrogens with one attached hydrogen (secondary N) is 1. The van der Waals surface area contributed by atoms with E-state index in [0.29, 0.717) is 23.6 Å². The summed E-state index contributed by atoms with van der Waals surface area (Å²) in [6, 6.07) is 0. The Morgan fingerprint density at radius 2 is 2.33 bits per heavy atom. The Morgan fingerprint density at radius 3 is 2.87 bits per heavy atom. The lowest BCUT2D eigenvalue weighted by atomic mass is 10.3. The fourth-order valence-electron chi connectivity index (χ4n) is 1.38. The molecule has 0 fully saturated rings. The molecule has 0 unspecified atom stereocenters. The summed E-state index contributed by atoms with van der Waals surface area (Å²) < 4.78 is 6.49. The highest BCUT2D eigenvalue weighted by Crippen LogP contribution is 2.25. The second-order valence-corrected chi connectivity index (χ2v) is 3.08. The summed E-state index contributed by atoms with van der Waals surface area (Å²) in [5.41, 5.74) is 7.53. The molecule has 2 aromatic rings. The third kappa shape index (κ3) is 1.41. The molecule has 0 spiro atoms.